The predicted molar refractivity (Wildman–Crippen MR) is 94.5 cm³/mol. The molecule has 0 heterocycles. The van der Waals surface area contributed by atoms with Gasteiger partial charge in [0.05, 0.1) is 0 Å². The fraction of sp³-hybridized carbons (Fsp3) is 0.529. The van der Waals surface area contributed by atoms with Gasteiger partial charge in [-0.1, -0.05) is 0 Å². The summed E-state index contributed by atoms with van der Waals surface area (Å²) in [6.07, 6.45) is 4.79. The minimum atomic E-state index is -3.79. The van der Waals surface area contributed by atoms with Gasteiger partial charge in [0.25, 0.3) is 0 Å². The molecule has 0 fully saturated rings. The second-order valence-corrected chi connectivity index (χ2v) is 59.5. The number of rotatable bonds is 2. The van der Waals surface area contributed by atoms with Crippen LogP contribution < -0.4 is 3.80 Å². The van der Waals surface area contributed by atoms with Crippen LogP contribution in [0, 0.1) is 0 Å². The van der Waals surface area contributed by atoms with E-state index in [9.17, 15) is 0 Å². The summed E-state index contributed by atoms with van der Waals surface area (Å²) < 4.78 is 4.73. The van der Waals surface area contributed by atoms with E-state index in [1.165, 1.54) is 19.2 Å². The molecule has 0 amide bonds. The van der Waals surface area contributed by atoms with Crippen LogP contribution >= 0.6 is 0 Å². The van der Waals surface area contributed by atoms with Gasteiger partial charge in [-0.2, -0.15) is 0 Å². The molecule has 1 nitrogen and oxygen atoms in total. The molecule has 1 aromatic carbocycles. The van der Waals surface area contributed by atoms with Gasteiger partial charge in [0.2, 0.25) is 0 Å². The standard InChI is InChI=1S/C9H7.C4H10N.4CH3.H3Si.Ti/c1-2-5-9-7-3-6-8(9)4-1;1-4(2,3)5;;;;;;/h1-7H;5H,1-3H3;5*1H3;/q;-1;;;;;;+1. The maximum absolute atomic E-state index is 4.20. The molecule has 113 valence electrons. The Hall–Kier alpha value is -0.149. The van der Waals surface area contributed by atoms with Crippen LogP contribution in [0.3, 0.4) is 0 Å². The van der Waals surface area contributed by atoms with Crippen molar-refractivity contribution in [3.8, 4) is 0 Å². The zero-order chi connectivity index (χ0) is 15.6. The molecule has 0 aromatic heterocycles. The van der Waals surface area contributed by atoms with Gasteiger partial charge in [-0.3, -0.25) is 0 Å². The molecule has 0 bridgehead atoms. The van der Waals surface area contributed by atoms with Gasteiger partial charge < -0.3 is 0 Å². The molecular weight excluding hydrogens is 294 g/mol. The van der Waals surface area contributed by atoms with E-state index in [2.05, 4.69) is 81.9 Å². The summed E-state index contributed by atoms with van der Waals surface area (Å²) in [4.78, 5) is 0. The van der Waals surface area contributed by atoms with E-state index in [4.69, 9.17) is 0 Å². The zero-order valence-corrected chi connectivity index (χ0v) is 18.1. The first-order chi connectivity index (χ1) is 8.53. The summed E-state index contributed by atoms with van der Waals surface area (Å²) in [7, 11) is 1.18. The van der Waals surface area contributed by atoms with Gasteiger partial charge in [-0.25, -0.2) is 0 Å². The second kappa shape index (κ2) is 3.27. The van der Waals surface area contributed by atoms with Crippen molar-refractivity contribution in [3.63, 3.8) is 0 Å². The van der Waals surface area contributed by atoms with Crippen molar-refractivity contribution in [3.05, 3.63) is 41.5 Å². The zero-order valence-electron chi connectivity index (χ0n) is 14.5. The normalized spacial score (nSPS) is 24.6. The topological polar surface area (TPSA) is 12.0 Å². The van der Waals surface area contributed by atoms with Crippen LogP contribution in [-0.2, 0) is 12.3 Å². The van der Waals surface area contributed by atoms with Crippen LogP contribution in [0.5, 0.6) is 0 Å². The Morgan fingerprint density at radius 1 is 1.05 bits per heavy atom. The third-order valence-electron chi connectivity index (χ3n) is 4.58. The molecule has 1 N–H and O–H groups in total. The number of hydrogen-bond acceptors (Lipinski definition) is 1. The fourth-order valence-electron chi connectivity index (χ4n) is 4.80. The van der Waals surface area contributed by atoms with Crippen LogP contribution in [0.25, 0.3) is 6.08 Å². The first-order valence-corrected chi connectivity index (χ1v) is 21.5. The van der Waals surface area contributed by atoms with Gasteiger partial charge in [-0.05, 0) is 0 Å². The molecule has 20 heavy (non-hydrogen) atoms. The van der Waals surface area contributed by atoms with E-state index in [-0.39, 0.29) is 5.54 Å². The fourth-order valence-corrected chi connectivity index (χ4v) is 21.6. The van der Waals surface area contributed by atoms with Crippen molar-refractivity contribution >= 4 is 14.2 Å². The Kier molecular flexibility index (Phi) is 2.65. The quantitative estimate of drug-likeness (QED) is 0.800. The van der Waals surface area contributed by atoms with Gasteiger partial charge >= 0.3 is 123 Å². The van der Waals surface area contributed by atoms with E-state index in [0.29, 0.717) is 4.22 Å². The Morgan fingerprint density at radius 3 is 2.15 bits per heavy atom. The van der Waals surface area contributed by atoms with Crippen molar-refractivity contribution in [2.24, 2.45) is 0 Å². The molecule has 0 radical (unpaired) electrons. The summed E-state index contributed by atoms with van der Waals surface area (Å²) in [5, 5.41) is 10.4. The number of nitrogens with one attached hydrogen (secondary N) is 1. The van der Waals surface area contributed by atoms with Crippen molar-refractivity contribution in [1.29, 1.82) is 0 Å². The summed E-state index contributed by atoms with van der Waals surface area (Å²) in [6, 6.07) is 8.90. The van der Waals surface area contributed by atoms with Crippen molar-refractivity contribution in [2.75, 3.05) is 0 Å². The monoisotopic (exact) mass is 326 g/mol. The Bertz CT molecular complexity index is 607. The molecule has 3 heteroatoms. The molecular formula is C17H32NSiTi. The third-order valence-corrected chi connectivity index (χ3v) is 17.7. The molecule has 0 saturated heterocycles. The summed E-state index contributed by atoms with van der Waals surface area (Å²) in [5.74, 6) is 0. The van der Waals surface area contributed by atoms with E-state index >= 15 is 0 Å². The third kappa shape index (κ3) is 3.04. The van der Waals surface area contributed by atoms with Crippen LogP contribution in [0.2, 0.25) is 20.9 Å². The number of fused-ring (bicyclic) bond motifs is 1. The molecule has 2 rings (SSSR count). The Balaban J connectivity index is 2.69. The van der Waals surface area contributed by atoms with Gasteiger partial charge in [0.15, 0.2) is 0 Å². The van der Waals surface area contributed by atoms with Gasteiger partial charge in [0, 0.05) is 0 Å². The van der Waals surface area contributed by atoms with E-state index in [0.717, 1.165) is 0 Å². The first-order valence-electron chi connectivity index (χ1n) is 7.86. The predicted octanol–water partition coefficient (Wildman–Crippen LogP) is 4.29. The second-order valence-electron chi connectivity index (χ2n) is 12.7. The molecule has 0 saturated carbocycles. The van der Waals surface area contributed by atoms with Crippen molar-refractivity contribution in [2.45, 2.75) is 51.4 Å². The summed E-state index contributed by atoms with van der Waals surface area (Å²) >= 11 is -3.79. The molecule has 1 aliphatic carbocycles. The molecule has 1 atom stereocenters. The average molecular weight is 326 g/mol. The Morgan fingerprint density at radius 2 is 1.60 bits per heavy atom. The number of benzene rings is 1. The molecule has 1 aliphatic rings. The Labute approximate surface area is 123 Å². The van der Waals surface area contributed by atoms with Crippen LogP contribution in [0.1, 0.15) is 36.1 Å². The SMILES string of the molecule is CC(C)(C)[NH][Ti]([CH3])([CH3])([CH3])([CH3])([SiH3])[CH]1C=Cc2ccccc21. The molecule has 0 aliphatic heterocycles. The first kappa shape index (κ1) is 16.2. The van der Waals surface area contributed by atoms with E-state index in [1.54, 1.807) is 0 Å². The average Bonchev–Trinajstić information content (AvgIpc) is 2.54. The van der Waals surface area contributed by atoms with E-state index in [1.807, 2.05) is 0 Å². The molecule has 1 unspecified atom stereocenters. The molecule has 1 aromatic rings. The summed E-state index contributed by atoms with van der Waals surface area (Å²) in [6.45, 7) is 6.91. The van der Waals surface area contributed by atoms with Crippen molar-refractivity contribution in [1.82, 2.24) is 3.80 Å². The van der Waals surface area contributed by atoms with Gasteiger partial charge in [0.1, 0.15) is 0 Å². The minimum absolute atomic E-state index is 0.135. The van der Waals surface area contributed by atoms with Crippen LogP contribution in [0.4, 0.5) is 0 Å². The molecule has 0 spiro atoms. The summed E-state index contributed by atoms with van der Waals surface area (Å²) in [5.41, 5.74) is 3.06. The van der Waals surface area contributed by atoms with Gasteiger partial charge in [-0.15, -0.1) is 0 Å². The maximum atomic E-state index is 4.20. The number of hydrogen-bond donors (Lipinski definition) is 1. The van der Waals surface area contributed by atoms with Crippen LogP contribution in [0.15, 0.2) is 30.3 Å². The van der Waals surface area contributed by atoms with Crippen LogP contribution in [-0.4, -0.2) is 13.6 Å². The van der Waals surface area contributed by atoms with E-state index < -0.39 is 12.3 Å². The van der Waals surface area contributed by atoms with Crippen molar-refractivity contribution < 1.29 is 12.3 Å². The number of allylic oxidation sites excluding steroid dienone is 1.